The van der Waals surface area contributed by atoms with Gasteiger partial charge in [0.1, 0.15) is 6.04 Å². The normalized spacial score (nSPS) is 11.5. The van der Waals surface area contributed by atoms with Crippen molar-refractivity contribution in [3.63, 3.8) is 0 Å². The Bertz CT molecular complexity index is 482. The van der Waals surface area contributed by atoms with Crippen LogP contribution in [0.3, 0.4) is 0 Å². The SMILES string of the molecule is CCN(C)C(=O)C(C)Nc1cc(Br)cc(C#N)c1. The lowest BCUT2D eigenvalue weighted by Crippen LogP contribution is -2.38. The van der Waals surface area contributed by atoms with E-state index in [0.29, 0.717) is 12.1 Å². The summed E-state index contributed by atoms with van der Waals surface area (Å²) in [4.78, 5) is 13.6. The Kier molecular flexibility index (Phi) is 5.17. The van der Waals surface area contributed by atoms with Gasteiger partial charge >= 0.3 is 0 Å². The fourth-order valence-corrected chi connectivity index (χ4v) is 2.03. The maximum Gasteiger partial charge on any atom is 0.244 e. The molecule has 0 bridgehead atoms. The Morgan fingerprint density at radius 2 is 2.22 bits per heavy atom. The molecule has 0 aliphatic heterocycles. The summed E-state index contributed by atoms with van der Waals surface area (Å²) in [6, 6.07) is 7.05. The third-order valence-corrected chi connectivity index (χ3v) is 3.09. The maximum absolute atomic E-state index is 11.9. The van der Waals surface area contributed by atoms with Gasteiger partial charge in [0.25, 0.3) is 0 Å². The Morgan fingerprint density at radius 3 is 2.78 bits per heavy atom. The van der Waals surface area contributed by atoms with Gasteiger partial charge in [-0.1, -0.05) is 15.9 Å². The van der Waals surface area contributed by atoms with Crippen molar-refractivity contribution in [2.45, 2.75) is 19.9 Å². The summed E-state index contributed by atoms with van der Waals surface area (Å²) in [6.45, 7) is 4.41. The van der Waals surface area contributed by atoms with Gasteiger partial charge in [0.05, 0.1) is 11.6 Å². The number of hydrogen-bond donors (Lipinski definition) is 1. The van der Waals surface area contributed by atoms with Crippen molar-refractivity contribution in [1.82, 2.24) is 4.90 Å². The zero-order valence-corrected chi connectivity index (χ0v) is 12.3. The van der Waals surface area contributed by atoms with Crippen molar-refractivity contribution in [2.24, 2.45) is 0 Å². The van der Waals surface area contributed by atoms with Crippen LogP contribution in [0, 0.1) is 11.3 Å². The molecule has 0 aromatic heterocycles. The van der Waals surface area contributed by atoms with Crippen molar-refractivity contribution in [3.8, 4) is 6.07 Å². The molecule has 0 aliphatic carbocycles. The van der Waals surface area contributed by atoms with Crippen molar-refractivity contribution in [1.29, 1.82) is 5.26 Å². The number of rotatable bonds is 4. The van der Waals surface area contributed by atoms with Crippen molar-refractivity contribution in [2.75, 3.05) is 18.9 Å². The zero-order chi connectivity index (χ0) is 13.7. The number of nitriles is 1. The Hall–Kier alpha value is -1.54. The second-order valence-corrected chi connectivity index (χ2v) is 4.97. The van der Waals surface area contributed by atoms with E-state index in [1.54, 1.807) is 31.0 Å². The summed E-state index contributed by atoms with van der Waals surface area (Å²) in [5.74, 6) is 0.0241. The molecule has 1 unspecified atom stereocenters. The molecule has 18 heavy (non-hydrogen) atoms. The summed E-state index contributed by atoms with van der Waals surface area (Å²) in [6.07, 6.45) is 0. The van der Waals surface area contributed by atoms with Crippen LogP contribution < -0.4 is 5.32 Å². The summed E-state index contributed by atoms with van der Waals surface area (Å²) in [5.41, 5.74) is 1.31. The van der Waals surface area contributed by atoms with E-state index in [4.69, 9.17) is 5.26 Å². The molecular weight excluding hydrogens is 294 g/mol. The lowest BCUT2D eigenvalue weighted by Gasteiger charge is -2.21. The van der Waals surface area contributed by atoms with Gasteiger partial charge in [-0.05, 0) is 32.0 Å². The Morgan fingerprint density at radius 1 is 1.56 bits per heavy atom. The third-order valence-electron chi connectivity index (χ3n) is 2.63. The first-order valence-corrected chi connectivity index (χ1v) is 6.49. The average Bonchev–Trinajstić information content (AvgIpc) is 2.35. The average molecular weight is 310 g/mol. The number of carbonyl (C=O) groups excluding carboxylic acids is 1. The molecule has 1 N–H and O–H groups in total. The minimum absolute atomic E-state index is 0.0241. The van der Waals surface area contributed by atoms with E-state index < -0.39 is 0 Å². The van der Waals surface area contributed by atoms with E-state index >= 15 is 0 Å². The van der Waals surface area contributed by atoms with E-state index in [9.17, 15) is 4.79 Å². The minimum atomic E-state index is -0.323. The van der Waals surface area contributed by atoms with E-state index in [1.165, 1.54) is 0 Å². The lowest BCUT2D eigenvalue weighted by atomic mass is 10.2. The first-order chi connectivity index (χ1) is 8.47. The van der Waals surface area contributed by atoms with Gasteiger partial charge in [-0.15, -0.1) is 0 Å². The van der Waals surface area contributed by atoms with E-state index in [2.05, 4.69) is 27.3 Å². The topological polar surface area (TPSA) is 56.1 Å². The molecule has 1 atom stereocenters. The van der Waals surface area contributed by atoms with Crippen LogP contribution in [-0.2, 0) is 4.79 Å². The highest BCUT2D eigenvalue weighted by atomic mass is 79.9. The molecule has 0 saturated carbocycles. The number of anilines is 1. The van der Waals surface area contributed by atoms with Gasteiger partial charge in [0.2, 0.25) is 5.91 Å². The van der Waals surface area contributed by atoms with Crippen LogP contribution in [0.1, 0.15) is 19.4 Å². The molecule has 0 saturated heterocycles. The summed E-state index contributed by atoms with van der Waals surface area (Å²) in [7, 11) is 1.77. The lowest BCUT2D eigenvalue weighted by molar-refractivity contribution is -0.130. The quantitative estimate of drug-likeness (QED) is 0.930. The minimum Gasteiger partial charge on any atom is -0.374 e. The second kappa shape index (κ2) is 6.41. The zero-order valence-electron chi connectivity index (χ0n) is 10.7. The Labute approximate surface area is 116 Å². The number of amides is 1. The fourth-order valence-electron chi connectivity index (χ4n) is 1.54. The largest absolute Gasteiger partial charge is 0.374 e. The maximum atomic E-state index is 11.9. The molecule has 4 nitrogen and oxygen atoms in total. The van der Waals surface area contributed by atoms with Crippen LogP contribution >= 0.6 is 15.9 Å². The number of hydrogen-bond acceptors (Lipinski definition) is 3. The highest BCUT2D eigenvalue weighted by Gasteiger charge is 2.16. The first-order valence-electron chi connectivity index (χ1n) is 5.70. The molecule has 0 spiro atoms. The number of nitrogens with one attached hydrogen (secondary N) is 1. The number of nitrogens with zero attached hydrogens (tertiary/aromatic N) is 2. The van der Waals surface area contributed by atoms with E-state index in [0.717, 1.165) is 10.2 Å². The molecule has 1 aromatic carbocycles. The van der Waals surface area contributed by atoms with Gasteiger partial charge in [-0.2, -0.15) is 5.26 Å². The molecule has 1 rings (SSSR count). The van der Waals surface area contributed by atoms with Gasteiger partial charge in [0.15, 0.2) is 0 Å². The van der Waals surface area contributed by atoms with E-state index in [-0.39, 0.29) is 11.9 Å². The van der Waals surface area contributed by atoms with Gasteiger partial charge in [0, 0.05) is 23.8 Å². The van der Waals surface area contributed by atoms with Crippen LogP contribution in [0.25, 0.3) is 0 Å². The summed E-state index contributed by atoms with van der Waals surface area (Å²) < 4.78 is 0.813. The molecule has 0 aliphatic rings. The number of carbonyl (C=O) groups is 1. The van der Waals surface area contributed by atoms with Gasteiger partial charge < -0.3 is 10.2 Å². The molecule has 96 valence electrons. The van der Waals surface area contributed by atoms with Crippen LogP contribution in [-0.4, -0.2) is 30.4 Å². The molecular formula is C13H16BrN3O. The van der Waals surface area contributed by atoms with E-state index in [1.807, 2.05) is 13.0 Å². The highest BCUT2D eigenvalue weighted by Crippen LogP contribution is 2.20. The molecule has 5 heteroatoms. The highest BCUT2D eigenvalue weighted by molar-refractivity contribution is 9.10. The van der Waals surface area contributed by atoms with Crippen LogP contribution in [0.5, 0.6) is 0 Å². The monoisotopic (exact) mass is 309 g/mol. The molecule has 1 aromatic rings. The van der Waals surface area contributed by atoms with Gasteiger partial charge in [-0.3, -0.25) is 4.79 Å². The summed E-state index contributed by atoms with van der Waals surface area (Å²) in [5, 5.41) is 12.0. The fraction of sp³-hybridized carbons (Fsp3) is 0.385. The summed E-state index contributed by atoms with van der Waals surface area (Å²) >= 11 is 3.34. The number of halogens is 1. The molecule has 0 radical (unpaired) electrons. The second-order valence-electron chi connectivity index (χ2n) is 4.06. The number of likely N-dealkylation sites (N-methyl/N-ethyl adjacent to an activating group) is 1. The standard InChI is InChI=1S/C13H16BrN3O/c1-4-17(3)13(18)9(2)16-12-6-10(8-15)5-11(14)7-12/h5-7,9,16H,4H2,1-3H3. The number of benzene rings is 1. The first kappa shape index (κ1) is 14.5. The van der Waals surface area contributed by atoms with Crippen LogP contribution in [0.15, 0.2) is 22.7 Å². The Balaban J connectivity index is 2.82. The molecule has 0 heterocycles. The predicted molar refractivity (Wildman–Crippen MR) is 75.3 cm³/mol. The van der Waals surface area contributed by atoms with Crippen molar-refractivity contribution >= 4 is 27.5 Å². The van der Waals surface area contributed by atoms with Gasteiger partial charge in [-0.25, -0.2) is 0 Å². The van der Waals surface area contributed by atoms with Crippen LogP contribution in [0.4, 0.5) is 5.69 Å². The third kappa shape index (κ3) is 3.74. The van der Waals surface area contributed by atoms with Crippen molar-refractivity contribution in [3.05, 3.63) is 28.2 Å². The smallest absolute Gasteiger partial charge is 0.244 e. The molecule has 1 amide bonds. The van der Waals surface area contributed by atoms with Crippen LogP contribution in [0.2, 0.25) is 0 Å². The van der Waals surface area contributed by atoms with Crippen molar-refractivity contribution < 1.29 is 4.79 Å². The predicted octanol–water partition coefficient (Wildman–Crippen LogP) is 2.60. The molecule has 0 fully saturated rings.